The molecule has 0 saturated carbocycles. The Morgan fingerprint density at radius 1 is 1.45 bits per heavy atom. The highest BCUT2D eigenvalue weighted by atomic mass is 32.1. The van der Waals surface area contributed by atoms with Crippen molar-refractivity contribution in [3.63, 3.8) is 0 Å². The molecule has 124 valence electrons. The van der Waals surface area contributed by atoms with Crippen LogP contribution in [-0.2, 0) is 10.9 Å². The molecular weight excluding hydrogens is 319 g/mol. The van der Waals surface area contributed by atoms with Crippen LogP contribution in [0.5, 0.6) is 0 Å². The molecule has 1 unspecified atom stereocenters. The van der Waals surface area contributed by atoms with Gasteiger partial charge in [0.1, 0.15) is 10.5 Å². The van der Waals surface area contributed by atoms with E-state index in [1.807, 2.05) is 0 Å². The lowest BCUT2D eigenvalue weighted by Gasteiger charge is -2.24. The monoisotopic (exact) mass is 337 g/mol. The fourth-order valence-electron chi connectivity index (χ4n) is 2.02. The molecule has 1 saturated heterocycles. The summed E-state index contributed by atoms with van der Waals surface area (Å²) in [6.07, 6.45) is -3.34. The number of ether oxygens (including phenoxy) is 1. The zero-order valence-electron chi connectivity index (χ0n) is 12.5. The van der Waals surface area contributed by atoms with E-state index >= 15 is 0 Å². The van der Waals surface area contributed by atoms with Crippen LogP contribution in [0.15, 0.2) is 6.20 Å². The summed E-state index contributed by atoms with van der Waals surface area (Å²) in [6, 6.07) is -0.125. The van der Waals surface area contributed by atoms with Crippen molar-refractivity contribution in [2.24, 2.45) is 0 Å². The quantitative estimate of drug-likeness (QED) is 0.896. The van der Waals surface area contributed by atoms with E-state index in [0.717, 1.165) is 6.20 Å². The molecule has 1 aliphatic rings. The number of carbonyl (C=O) groups excluding carboxylic acids is 1. The van der Waals surface area contributed by atoms with Crippen LogP contribution in [0.3, 0.4) is 0 Å². The van der Waals surface area contributed by atoms with Crippen molar-refractivity contribution in [2.45, 2.75) is 45.0 Å². The summed E-state index contributed by atoms with van der Waals surface area (Å²) in [4.78, 5) is 16.4. The highest BCUT2D eigenvalue weighted by molar-refractivity contribution is 7.15. The van der Waals surface area contributed by atoms with E-state index < -0.39 is 22.7 Å². The molecule has 1 amide bonds. The lowest BCUT2D eigenvalue weighted by atomic mass is 10.2. The topological polar surface area (TPSA) is 54.5 Å². The van der Waals surface area contributed by atoms with Crippen LogP contribution in [0.25, 0.3) is 0 Å². The number of aromatic nitrogens is 1. The Kier molecular flexibility index (Phi) is 4.55. The highest BCUT2D eigenvalue weighted by Gasteiger charge is 2.34. The molecule has 0 aliphatic carbocycles. The van der Waals surface area contributed by atoms with Gasteiger partial charge in [-0.1, -0.05) is 11.3 Å². The van der Waals surface area contributed by atoms with E-state index in [-0.39, 0.29) is 11.2 Å². The zero-order valence-corrected chi connectivity index (χ0v) is 13.3. The number of carbonyl (C=O) groups is 1. The number of hydrogen-bond acceptors (Lipinski definition) is 5. The number of hydrogen-bond donors (Lipinski definition) is 1. The smallest absolute Gasteiger partial charge is 0.427 e. The van der Waals surface area contributed by atoms with E-state index in [4.69, 9.17) is 4.74 Å². The Labute approximate surface area is 130 Å². The van der Waals surface area contributed by atoms with Crippen molar-refractivity contribution in [3.8, 4) is 0 Å². The fourth-order valence-corrected chi connectivity index (χ4v) is 2.78. The maximum Gasteiger partial charge on any atom is 0.427 e. The van der Waals surface area contributed by atoms with Crippen molar-refractivity contribution < 1.29 is 22.7 Å². The van der Waals surface area contributed by atoms with Gasteiger partial charge in [-0.25, -0.2) is 9.78 Å². The van der Waals surface area contributed by atoms with E-state index in [0.29, 0.717) is 30.8 Å². The molecule has 1 aliphatic heterocycles. The number of nitrogens with one attached hydrogen (secondary N) is 1. The highest BCUT2D eigenvalue weighted by Crippen LogP contribution is 2.35. The molecule has 1 N–H and O–H groups in total. The van der Waals surface area contributed by atoms with E-state index in [1.54, 1.807) is 25.7 Å². The maximum absolute atomic E-state index is 12.5. The second kappa shape index (κ2) is 5.94. The SMILES string of the molecule is CC(C)(C)OC(=O)N1CCC(Nc2ncc(C(F)(F)F)s2)C1. The molecule has 5 nitrogen and oxygen atoms in total. The molecule has 1 atom stereocenters. The molecule has 9 heteroatoms. The number of likely N-dealkylation sites (tertiary alicyclic amines) is 1. The molecule has 0 aromatic carbocycles. The molecule has 0 bridgehead atoms. The van der Waals surface area contributed by atoms with Gasteiger partial charge in [0.05, 0.1) is 6.20 Å². The molecule has 0 radical (unpaired) electrons. The molecule has 0 spiro atoms. The van der Waals surface area contributed by atoms with Gasteiger partial charge in [0, 0.05) is 19.1 Å². The minimum absolute atomic E-state index is 0.125. The van der Waals surface area contributed by atoms with Gasteiger partial charge in [-0.05, 0) is 27.2 Å². The van der Waals surface area contributed by atoms with Gasteiger partial charge in [-0.3, -0.25) is 0 Å². The first kappa shape index (κ1) is 16.9. The first-order valence-electron chi connectivity index (χ1n) is 6.82. The molecular formula is C13H18F3N3O2S. The van der Waals surface area contributed by atoms with E-state index in [9.17, 15) is 18.0 Å². The van der Waals surface area contributed by atoms with Crippen LogP contribution in [0, 0.1) is 0 Å². The average Bonchev–Trinajstić information content (AvgIpc) is 2.95. The molecule has 2 heterocycles. The summed E-state index contributed by atoms with van der Waals surface area (Å²) in [7, 11) is 0. The minimum Gasteiger partial charge on any atom is -0.444 e. The summed E-state index contributed by atoms with van der Waals surface area (Å²) < 4.78 is 42.8. The normalized spacial score (nSPS) is 19.4. The second-order valence-electron chi connectivity index (χ2n) is 6.08. The van der Waals surface area contributed by atoms with Crippen molar-refractivity contribution in [1.29, 1.82) is 0 Å². The van der Waals surface area contributed by atoms with Gasteiger partial charge >= 0.3 is 12.3 Å². The summed E-state index contributed by atoms with van der Waals surface area (Å²) in [5.41, 5.74) is -0.570. The van der Waals surface area contributed by atoms with Gasteiger partial charge in [-0.2, -0.15) is 13.2 Å². The summed E-state index contributed by atoms with van der Waals surface area (Å²) in [6.45, 7) is 6.24. The fraction of sp³-hybridized carbons (Fsp3) is 0.692. The lowest BCUT2D eigenvalue weighted by Crippen LogP contribution is -2.36. The standard InChI is InChI=1S/C13H18F3N3O2S/c1-12(2,3)21-11(20)19-5-4-8(7-19)18-10-17-6-9(22-10)13(14,15)16/h6,8H,4-5,7H2,1-3H3,(H,17,18). The number of halogens is 3. The lowest BCUT2D eigenvalue weighted by molar-refractivity contribution is -0.134. The summed E-state index contributed by atoms with van der Waals surface area (Å²) in [5.74, 6) is 0. The van der Waals surface area contributed by atoms with Crippen molar-refractivity contribution in [3.05, 3.63) is 11.1 Å². The Morgan fingerprint density at radius 2 is 2.14 bits per heavy atom. The average molecular weight is 337 g/mol. The summed E-state index contributed by atoms with van der Waals surface area (Å²) >= 11 is 0.564. The first-order valence-corrected chi connectivity index (χ1v) is 7.64. The number of rotatable bonds is 2. The van der Waals surface area contributed by atoms with Crippen molar-refractivity contribution >= 4 is 22.6 Å². The van der Waals surface area contributed by atoms with Gasteiger partial charge in [-0.15, -0.1) is 0 Å². The van der Waals surface area contributed by atoms with Gasteiger partial charge in [0.2, 0.25) is 0 Å². The van der Waals surface area contributed by atoms with E-state index in [2.05, 4.69) is 10.3 Å². The predicted molar refractivity (Wildman–Crippen MR) is 77.0 cm³/mol. The first-order chi connectivity index (χ1) is 10.0. The third-order valence-electron chi connectivity index (χ3n) is 2.95. The molecule has 2 rings (SSSR count). The number of alkyl halides is 3. The van der Waals surface area contributed by atoms with Crippen molar-refractivity contribution in [1.82, 2.24) is 9.88 Å². The molecule has 1 fully saturated rings. The van der Waals surface area contributed by atoms with Gasteiger partial charge < -0.3 is 15.0 Å². The number of thiazole rings is 1. The Bertz CT molecular complexity index is 539. The number of amides is 1. The van der Waals surface area contributed by atoms with Gasteiger partial charge in [0.25, 0.3) is 0 Å². The minimum atomic E-state index is -4.38. The third kappa shape index (κ3) is 4.49. The zero-order chi connectivity index (χ0) is 16.5. The van der Waals surface area contributed by atoms with Crippen LogP contribution >= 0.6 is 11.3 Å². The Hall–Kier alpha value is -1.51. The molecule has 1 aromatic heterocycles. The van der Waals surface area contributed by atoms with Crippen LogP contribution < -0.4 is 5.32 Å². The Morgan fingerprint density at radius 3 is 2.68 bits per heavy atom. The third-order valence-corrected chi connectivity index (χ3v) is 3.93. The largest absolute Gasteiger partial charge is 0.444 e. The van der Waals surface area contributed by atoms with Crippen LogP contribution in [-0.4, -0.2) is 40.7 Å². The number of nitrogens with zero attached hydrogens (tertiary/aromatic N) is 2. The van der Waals surface area contributed by atoms with Gasteiger partial charge in [0.15, 0.2) is 5.13 Å². The summed E-state index contributed by atoms with van der Waals surface area (Å²) in [5, 5.41) is 3.15. The van der Waals surface area contributed by atoms with Crippen LogP contribution in [0.1, 0.15) is 32.1 Å². The van der Waals surface area contributed by atoms with Crippen LogP contribution in [0.2, 0.25) is 0 Å². The Balaban J connectivity index is 1.89. The number of anilines is 1. The van der Waals surface area contributed by atoms with Crippen LogP contribution in [0.4, 0.5) is 23.1 Å². The molecule has 1 aromatic rings. The van der Waals surface area contributed by atoms with E-state index in [1.165, 1.54) is 0 Å². The predicted octanol–water partition coefficient (Wildman–Crippen LogP) is 3.58. The second-order valence-corrected chi connectivity index (χ2v) is 7.11. The maximum atomic E-state index is 12.5. The molecule has 22 heavy (non-hydrogen) atoms. The van der Waals surface area contributed by atoms with Crippen molar-refractivity contribution in [2.75, 3.05) is 18.4 Å².